The number of aliphatic hydroxyl groups is 2. The fourth-order valence-electron chi connectivity index (χ4n) is 2.53. The van der Waals surface area contributed by atoms with Crippen molar-refractivity contribution in [3.8, 4) is 0 Å². The minimum absolute atomic E-state index is 0.176. The number of hydrogen-bond donors (Lipinski definition) is 2. The summed E-state index contributed by atoms with van der Waals surface area (Å²) in [4.78, 5) is 0. The van der Waals surface area contributed by atoms with Gasteiger partial charge in [0.05, 0.1) is 0 Å². The zero-order valence-corrected chi connectivity index (χ0v) is 9.67. The van der Waals surface area contributed by atoms with Crippen LogP contribution in [0.5, 0.6) is 0 Å². The van der Waals surface area contributed by atoms with Crippen molar-refractivity contribution in [3.05, 3.63) is 0 Å². The summed E-state index contributed by atoms with van der Waals surface area (Å²) in [5, 5.41) is 19.0. The Morgan fingerprint density at radius 3 is 1.33 bits per heavy atom. The maximum Gasteiger partial charge on any atom is 0.269 e. The fraction of sp³-hybridized carbons (Fsp3) is 1.00. The van der Waals surface area contributed by atoms with Crippen molar-refractivity contribution in [2.75, 3.05) is 0 Å². The van der Waals surface area contributed by atoms with Crippen LogP contribution in [0, 0.1) is 23.7 Å². The van der Waals surface area contributed by atoms with E-state index in [4.69, 9.17) is 0 Å². The molecule has 0 bridgehead atoms. The van der Waals surface area contributed by atoms with E-state index in [1.54, 1.807) is 27.7 Å². The SMILES string of the molecule is CC(C)C1CC(C(C)C)C(O)(F)C1(O)F. The quantitative estimate of drug-likeness (QED) is 0.752. The molecule has 15 heavy (non-hydrogen) atoms. The van der Waals surface area contributed by atoms with Gasteiger partial charge in [0.25, 0.3) is 11.7 Å². The first kappa shape index (κ1) is 12.8. The standard InChI is InChI=1S/C11H20F2O2/c1-6(2)8-5-9(7(3)4)11(13,15)10(8,12)14/h6-9,14-15H,5H2,1-4H3. The Balaban J connectivity index is 3.04. The van der Waals surface area contributed by atoms with E-state index >= 15 is 0 Å². The highest BCUT2D eigenvalue weighted by Gasteiger charge is 2.67. The van der Waals surface area contributed by atoms with Crippen LogP contribution in [0.2, 0.25) is 0 Å². The number of alkyl halides is 2. The van der Waals surface area contributed by atoms with Crippen molar-refractivity contribution >= 4 is 0 Å². The van der Waals surface area contributed by atoms with Gasteiger partial charge in [-0.2, -0.15) is 0 Å². The highest BCUT2D eigenvalue weighted by Crippen LogP contribution is 2.54. The van der Waals surface area contributed by atoms with Crippen LogP contribution in [0.3, 0.4) is 0 Å². The molecule has 1 aliphatic rings. The second-order valence-corrected chi connectivity index (χ2v) is 5.28. The second kappa shape index (κ2) is 3.67. The summed E-state index contributed by atoms with van der Waals surface area (Å²) >= 11 is 0. The molecule has 0 heterocycles. The van der Waals surface area contributed by atoms with E-state index in [2.05, 4.69) is 0 Å². The Labute approximate surface area is 89.3 Å². The molecule has 0 amide bonds. The Morgan fingerprint density at radius 2 is 1.20 bits per heavy atom. The predicted molar refractivity (Wildman–Crippen MR) is 53.4 cm³/mol. The van der Waals surface area contributed by atoms with Crippen LogP contribution < -0.4 is 0 Å². The highest BCUT2D eigenvalue weighted by molar-refractivity contribution is 5.03. The zero-order chi connectivity index (χ0) is 12.0. The van der Waals surface area contributed by atoms with Gasteiger partial charge in [-0.3, -0.25) is 0 Å². The average molecular weight is 222 g/mol. The number of rotatable bonds is 2. The molecular weight excluding hydrogens is 202 g/mol. The van der Waals surface area contributed by atoms with Crippen LogP contribution in [0.15, 0.2) is 0 Å². The van der Waals surface area contributed by atoms with Crippen molar-refractivity contribution in [2.45, 2.75) is 45.8 Å². The Morgan fingerprint density at radius 1 is 0.933 bits per heavy atom. The summed E-state index contributed by atoms with van der Waals surface area (Å²) in [7, 11) is 0. The van der Waals surface area contributed by atoms with Crippen LogP contribution in [-0.2, 0) is 0 Å². The summed E-state index contributed by atoms with van der Waals surface area (Å²) in [6.07, 6.45) is 0.176. The minimum atomic E-state index is -3.13. The molecule has 4 atom stereocenters. The lowest BCUT2D eigenvalue weighted by atomic mass is 9.88. The molecule has 0 spiro atoms. The van der Waals surface area contributed by atoms with Crippen LogP contribution in [-0.4, -0.2) is 21.9 Å². The van der Waals surface area contributed by atoms with E-state index in [0.717, 1.165) is 0 Å². The van der Waals surface area contributed by atoms with Gasteiger partial charge in [-0.15, -0.1) is 0 Å². The Kier molecular flexibility index (Phi) is 3.14. The van der Waals surface area contributed by atoms with E-state index in [0.29, 0.717) is 0 Å². The van der Waals surface area contributed by atoms with Crippen LogP contribution in [0.1, 0.15) is 34.1 Å². The van der Waals surface area contributed by atoms with E-state index in [1.807, 2.05) is 0 Å². The fourth-order valence-corrected chi connectivity index (χ4v) is 2.53. The Bertz CT molecular complexity index is 213. The van der Waals surface area contributed by atoms with Gasteiger partial charge < -0.3 is 10.2 Å². The van der Waals surface area contributed by atoms with Crippen LogP contribution >= 0.6 is 0 Å². The molecule has 1 rings (SSSR count). The van der Waals surface area contributed by atoms with Gasteiger partial charge in [0, 0.05) is 11.8 Å². The smallest absolute Gasteiger partial charge is 0.269 e. The van der Waals surface area contributed by atoms with Gasteiger partial charge in [-0.1, -0.05) is 27.7 Å². The lowest BCUT2D eigenvalue weighted by Crippen LogP contribution is -2.51. The van der Waals surface area contributed by atoms with E-state index in [-0.39, 0.29) is 18.3 Å². The molecule has 4 heteroatoms. The predicted octanol–water partition coefficient (Wildman–Crippen LogP) is 2.25. The van der Waals surface area contributed by atoms with Crippen LogP contribution in [0.4, 0.5) is 8.78 Å². The van der Waals surface area contributed by atoms with E-state index in [1.165, 1.54) is 0 Å². The van der Waals surface area contributed by atoms with Gasteiger partial charge in [0.1, 0.15) is 0 Å². The third-order valence-corrected chi connectivity index (χ3v) is 3.59. The van der Waals surface area contributed by atoms with Crippen molar-refractivity contribution < 1.29 is 19.0 Å². The first-order valence-electron chi connectivity index (χ1n) is 5.45. The molecule has 0 aromatic heterocycles. The number of hydrogen-bond acceptors (Lipinski definition) is 2. The van der Waals surface area contributed by atoms with Gasteiger partial charge >= 0.3 is 0 Å². The maximum absolute atomic E-state index is 13.8. The van der Waals surface area contributed by atoms with E-state index in [9.17, 15) is 19.0 Å². The molecule has 0 saturated heterocycles. The largest absolute Gasteiger partial charge is 0.357 e. The topological polar surface area (TPSA) is 40.5 Å². The molecule has 1 fully saturated rings. The van der Waals surface area contributed by atoms with Crippen molar-refractivity contribution in [1.82, 2.24) is 0 Å². The van der Waals surface area contributed by atoms with E-state index < -0.39 is 23.5 Å². The molecule has 1 saturated carbocycles. The monoisotopic (exact) mass is 222 g/mol. The zero-order valence-electron chi connectivity index (χ0n) is 9.67. The first-order chi connectivity index (χ1) is 6.62. The highest BCUT2D eigenvalue weighted by atomic mass is 19.2. The molecule has 0 radical (unpaired) electrons. The average Bonchev–Trinajstić information content (AvgIpc) is 2.19. The lowest BCUT2D eigenvalue weighted by molar-refractivity contribution is -0.305. The van der Waals surface area contributed by atoms with Gasteiger partial charge in [0.2, 0.25) is 0 Å². The van der Waals surface area contributed by atoms with Crippen molar-refractivity contribution in [2.24, 2.45) is 23.7 Å². The Hall–Kier alpha value is -0.220. The summed E-state index contributed by atoms with van der Waals surface area (Å²) in [5.74, 6) is -8.36. The summed E-state index contributed by atoms with van der Waals surface area (Å²) < 4.78 is 27.7. The lowest BCUT2D eigenvalue weighted by Gasteiger charge is -2.32. The molecule has 0 aliphatic heterocycles. The normalized spacial score (nSPS) is 46.8. The second-order valence-electron chi connectivity index (χ2n) is 5.28. The van der Waals surface area contributed by atoms with Gasteiger partial charge in [-0.25, -0.2) is 8.78 Å². The molecule has 4 unspecified atom stereocenters. The van der Waals surface area contributed by atoms with Gasteiger partial charge in [0.15, 0.2) is 0 Å². The van der Waals surface area contributed by atoms with Crippen molar-refractivity contribution in [3.63, 3.8) is 0 Å². The third kappa shape index (κ3) is 1.78. The molecule has 90 valence electrons. The summed E-state index contributed by atoms with van der Waals surface area (Å²) in [6.45, 7) is 6.87. The molecular formula is C11H20F2O2. The first-order valence-corrected chi connectivity index (χ1v) is 5.45. The molecule has 2 N–H and O–H groups in total. The summed E-state index contributed by atoms with van der Waals surface area (Å²) in [5.41, 5.74) is 0. The van der Waals surface area contributed by atoms with Gasteiger partial charge in [-0.05, 0) is 18.3 Å². The molecule has 0 aromatic carbocycles. The number of halogens is 2. The van der Waals surface area contributed by atoms with Crippen molar-refractivity contribution in [1.29, 1.82) is 0 Å². The minimum Gasteiger partial charge on any atom is -0.357 e. The third-order valence-electron chi connectivity index (χ3n) is 3.59. The maximum atomic E-state index is 13.8. The summed E-state index contributed by atoms with van der Waals surface area (Å²) in [6, 6.07) is 0. The molecule has 0 aromatic rings. The molecule has 2 nitrogen and oxygen atoms in total. The molecule has 1 aliphatic carbocycles. The van der Waals surface area contributed by atoms with Crippen LogP contribution in [0.25, 0.3) is 0 Å².